The summed E-state index contributed by atoms with van der Waals surface area (Å²) >= 11 is 3.10. The predicted molar refractivity (Wildman–Crippen MR) is 59.9 cm³/mol. The molecule has 0 saturated carbocycles. The minimum Gasteiger partial charge on any atom is -0.481 e. The molecule has 0 radical (unpaired) electrons. The summed E-state index contributed by atoms with van der Waals surface area (Å²) in [5, 5.41) is 9.23. The van der Waals surface area contributed by atoms with E-state index in [1.165, 1.54) is 0 Å². The van der Waals surface area contributed by atoms with Crippen LogP contribution in [0.2, 0.25) is 0 Å². The molecule has 0 unspecified atom stereocenters. The molecule has 1 aromatic heterocycles. The number of furan rings is 1. The molecule has 0 saturated heterocycles. The first-order valence-corrected chi connectivity index (χ1v) is 5.37. The first-order valence-electron chi connectivity index (χ1n) is 4.58. The van der Waals surface area contributed by atoms with Crippen LogP contribution in [0.3, 0.4) is 0 Å². The summed E-state index contributed by atoms with van der Waals surface area (Å²) in [6.07, 6.45) is -0.198. The van der Waals surface area contributed by atoms with Gasteiger partial charge in [-0.25, -0.2) is 4.39 Å². The first-order chi connectivity index (χ1) is 7.50. The van der Waals surface area contributed by atoms with E-state index in [2.05, 4.69) is 15.9 Å². The van der Waals surface area contributed by atoms with Gasteiger partial charge in [0.25, 0.3) is 0 Å². The van der Waals surface area contributed by atoms with E-state index in [-0.39, 0.29) is 16.7 Å². The number of fused-ring (bicyclic) bond motifs is 1. The monoisotopic (exact) mass is 286 g/mol. The zero-order valence-corrected chi connectivity index (χ0v) is 9.97. The van der Waals surface area contributed by atoms with Crippen LogP contribution in [0.5, 0.6) is 0 Å². The minimum absolute atomic E-state index is 0.100. The molecule has 5 heteroatoms. The van der Waals surface area contributed by atoms with Gasteiger partial charge in [-0.3, -0.25) is 4.79 Å². The smallest absolute Gasteiger partial charge is 0.308 e. The fourth-order valence-electron chi connectivity index (χ4n) is 1.56. The summed E-state index contributed by atoms with van der Waals surface area (Å²) in [4.78, 5) is 10.7. The van der Waals surface area contributed by atoms with Gasteiger partial charge in [0.05, 0.1) is 6.42 Å². The number of aliphatic carboxylic acids is 1. The molecule has 1 heterocycles. The van der Waals surface area contributed by atoms with Gasteiger partial charge in [-0.05, 0) is 28.4 Å². The Hall–Kier alpha value is -1.36. The second-order valence-corrected chi connectivity index (χ2v) is 4.22. The van der Waals surface area contributed by atoms with Crippen molar-refractivity contribution >= 4 is 32.9 Å². The molecule has 0 aliphatic heterocycles. The van der Waals surface area contributed by atoms with Crippen LogP contribution in [0.25, 0.3) is 11.0 Å². The van der Waals surface area contributed by atoms with Gasteiger partial charge in [0, 0.05) is 10.9 Å². The number of halogens is 2. The van der Waals surface area contributed by atoms with Gasteiger partial charge in [-0.2, -0.15) is 0 Å². The lowest BCUT2D eigenvalue weighted by molar-refractivity contribution is -0.136. The molecule has 0 spiro atoms. The highest BCUT2D eigenvalue weighted by molar-refractivity contribution is 9.10. The molecule has 1 N–H and O–H groups in total. The Balaban J connectivity index is 2.71. The zero-order valence-electron chi connectivity index (χ0n) is 8.38. The lowest BCUT2D eigenvalue weighted by atomic mass is 10.1. The number of benzene rings is 1. The van der Waals surface area contributed by atoms with Gasteiger partial charge in [0.15, 0.2) is 16.1 Å². The lowest BCUT2D eigenvalue weighted by Gasteiger charge is -1.97. The Morgan fingerprint density at radius 3 is 2.88 bits per heavy atom. The number of rotatable bonds is 2. The molecular formula is C11H8BrFO3. The average molecular weight is 287 g/mol. The SMILES string of the molecule is Cc1ccc2c(CC(=O)O)c(Br)oc2c1F. The summed E-state index contributed by atoms with van der Waals surface area (Å²) in [7, 11) is 0. The summed E-state index contributed by atoms with van der Waals surface area (Å²) in [6.45, 7) is 1.63. The molecule has 0 atom stereocenters. The molecular weight excluding hydrogens is 279 g/mol. The van der Waals surface area contributed by atoms with Crippen LogP contribution in [0.1, 0.15) is 11.1 Å². The van der Waals surface area contributed by atoms with E-state index in [9.17, 15) is 9.18 Å². The van der Waals surface area contributed by atoms with E-state index in [4.69, 9.17) is 9.52 Å². The Morgan fingerprint density at radius 2 is 2.25 bits per heavy atom. The highest BCUT2D eigenvalue weighted by Crippen LogP contribution is 2.33. The molecule has 1 aromatic carbocycles. The standard InChI is InChI=1S/C11H8BrFO3/c1-5-2-3-6-7(4-8(14)15)11(12)16-10(6)9(5)13/h2-3H,4H2,1H3,(H,14,15). The zero-order chi connectivity index (χ0) is 11.9. The van der Waals surface area contributed by atoms with Crippen molar-refractivity contribution in [2.24, 2.45) is 0 Å². The molecule has 16 heavy (non-hydrogen) atoms. The second kappa shape index (κ2) is 3.90. The molecule has 2 rings (SSSR count). The number of carboxylic acid groups (broad SMARTS) is 1. The Morgan fingerprint density at radius 1 is 1.56 bits per heavy atom. The molecule has 2 aromatic rings. The van der Waals surface area contributed by atoms with Crippen molar-refractivity contribution in [1.82, 2.24) is 0 Å². The maximum Gasteiger partial charge on any atom is 0.308 e. The topological polar surface area (TPSA) is 50.4 Å². The maximum atomic E-state index is 13.7. The molecule has 0 aliphatic rings. The molecule has 3 nitrogen and oxygen atoms in total. The van der Waals surface area contributed by atoms with Gasteiger partial charge in [0.2, 0.25) is 0 Å². The molecule has 0 aliphatic carbocycles. The van der Waals surface area contributed by atoms with Gasteiger partial charge < -0.3 is 9.52 Å². The lowest BCUT2D eigenvalue weighted by Crippen LogP contribution is -1.99. The summed E-state index contributed by atoms with van der Waals surface area (Å²) in [6, 6.07) is 3.27. The van der Waals surface area contributed by atoms with Crippen LogP contribution in [-0.2, 0) is 11.2 Å². The molecule has 0 fully saturated rings. The normalized spacial score (nSPS) is 10.9. The van der Waals surface area contributed by atoms with E-state index in [1.54, 1.807) is 19.1 Å². The highest BCUT2D eigenvalue weighted by Gasteiger charge is 2.18. The van der Waals surface area contributed by atoms with E-state index in [1.807, 2.05) is 0 Å². The maximum absolute atomic E-state index is 13.7. The number of carbonyl (C=O) groups is 1. The Bertz CT molecular complexity index is 574. The third-order valence-corrected chi connectivity index (χ3v) is 3.01. The van der Waals surface area contributed by atoms with Crippen molar-refractivity contribution in [3.63, 3.8) is 0 Å². The van der Waals surface area contributed by atoms with Crippen LogP contribution in [0, 0.1) is 12.7 Å². The van der Waals surface area contributed by atoms with Crippen LogP contribution < -0.4 is 0 Å². The minimum atomic E-state index is -0.982. The first kappa shape index (κ1) is 11.1. The fourth-order valence-corrected chi connectivity index (χ4v) is 2.08. The van der Waals surface area contributed by atoms with Crippen molar-refractivity contribution in [1.29, 1.82) is 0 Å². The van der Waals surface area contributed by atoms with Crippen LogP contribution >= 0.6 is 15.9 Å². The predicted octanol–water partition coefficient (Wildman–Crippen LogP) is 3.27. The summed E-state index contributed by atoms with van der Waals surface area (Å²) in [5.41, 5.74) is 1.03. The summed E-state index contributed by atoms with van der Waals surface area (Å²) < 4.78 is 19.1. The third-order valence-electron chi connectivity index (χ3n) is 2.37. The largest absolute Gasteiger partial charge is 0.481 e. The molecule has 84 valence electrons. The van der Waals surface area contributed by atoms with E-state index < -0.39 is 11.8 Å². The van der Waals surface area contributed by atoms with Gasteiger partial charge in [-0.15, -0.1) is 0 Å². The van der Waals surface area contributed by atoms with Crippen LogP contribution in [0.15, 0.2) is 21.2 Å². The van der Waals surface area contributed by atoms with Crippen molar-refractivity contribution in [3.05, 3.63) is 33.7 Å². The van der Waals surface area contributed by atoms with Crippen molar-refractivity contribution in [3.8, 4) is 0 Å². The van der Waals surface area contributed by atoms with Gasteiger partial charge in [0.1, 0.15) is 0 Å². The van der Waals surface area contributed by atoms with E-state index in [0.717, 1.165) is 0 Å². The van der Waals surface area contributed by atoms with Crippen molar-refractivity contribution < 1.29 is 18.7 Å². The molecule has 0 bridgehead atoms. The third kappa shape index (κ3) is 1.71. The fraction of sp³-hybridized carbons (Fsp3) is 0.182. The average Bonchev–Trinajstić information content (AvgIpc) is 2.51. The number of aryl methyl sites for hydroxylation is 1. The van der Waals surface area contributed by atoms with Crippen molar-refractivity contribution in [2.45, 2.75) is 13.3 Å². The van der Waals surface area contributed by atoms with E-state index >= 15 is 0 Å². The van der Waals surface area contributed by atoms with Gasteiger partial charge in [-0.1, -0.05) is 12.1 Å². The quantitative estimate of drug-likeness (QED) is 0.922. The van der Waals surface area contributed by atoms with Gasteiger partial charge >= 0.3 is 5.97 Å². The summed E-state index contributed by atoms with van der Waals surface area (Å²) in [5.74, 6) is -1.43. The number of hydrogen-bond acceptors (Lipinski definition) is 2. The van der Waals surface area contributed by atoms with Crippen LogP contribution in [0.4, 0.5) is 4.39 Å². The van der Waals surface area contributed by atoms with Crippen LogP contribution in [-0.4, -0.2) is 11.1 Å². The molecule has 0 amide bonds. The number of carboxylic acids is 1. The van der Waals surface area contributed by atoms with Crippen molar-refractivity contribution in [2.75, 3.05) is 0 Å². The number of hydrogen-bond donors (Lipinski definition) is 1. The Labute approximate surface area is 99.0 Å². The Kier molecular flexibility index (Phi) is 2.71. The van der Waals surface area contributed by atoms with E-state index in [0.29, 0.717) is 16.5 Å². The second-order valence-electron chi connectivity index (χ2n) is 3.50. The highest BCUT2D eigenvalue weighted by atomic mass is 79.9.